The average molecular weight is 125 g/mol. The minimum atomic E-state index is 0.535. The zero-order valence-electron chi connectivity index (χ0n) is 5.72. The highest BCUT2D eigenvalue weighted by Crippen LogP contribution is 1.97. The molecule has 0 fully saturated rings. The van der Waals surface area contributed by atoms with Crippen LogP contribution in [0.4, 0.5) is 0 Å². The molecule has 2 N–H and O–H groups in total. The number of nitrogens with two attached hydrogens (primary N) is 1. The smallest absolute Gasteiger partial charge is 0.151 e. The second kappa shape index (κ2) is 3.89. The number of hydrogen-bond donors (Lipinski definition) is 1. The molecule has 0 atom stereocenters. The topological polar surface area (TPSA) is 43.1 Å². The number of rotatable bonds is 2. The maximum Gasteiger partial charge on any atom is 0.151 e. The molecule has 2 heteroatoms. The Bertz CT molecular complexity index is 156. The van der Waals surface area contributed by atoms with Crippen LogP contribution in [0.3, 0.4) is 0 Å². The zero-order chi connectivity index (χ0) is 7.28. The lowest BCUT2D eigenvalue weighted by Crippen LogP contribution is -2.00. The molecule has 0 aromatic rings. The van der Waals surface area contributed by atoms with E-state index >= 15 is 0 Å². The third-order valence-electron chi connectivity index (χ3n) is 1.08. The van der Waals surface area contributed by atoms with Crippen LogP contribution in [0.5, 0.6) is 0 Å². The summed E-state index contributed by atoms with van der Waals surface area (Å²) >= 11 is 0. The molecule has 0 aromatic heterocycles. The van der Waals surface area contributed by atoms with E-state index in [1.807, 2.05) is 0 Å². The van der Waals surface area contributed by atoms with E-state index in [1.165, 1.54) is 0 Å². The standard InChI is InChI=1S/C7H11NO/c1-3-6(5-9)7(8)4-2/h3-5H,8H2,1-2H3/b6-3-,7-4+. The van der Waals surface area contributed by atoms with Gasteiger partial charge >= 0.3 is 0 Å². The van der Waals surface area contributed by atoms with Gasteiger partial charge in [0.1, 0.15) is 0 Å². The Morgan fingerprint density at radius 2 is 1.89 bits per heavy atom. The van der Waals surface area contributed by atoms with Crippen LogP contribution in [0.25, 0.3) is 0 Å². The Morgan fingerprint density at radius 3 is 2.00 bits per heavy atom. The maximum atomic E-state index is 10.1. The van der Waals surface area contributed by atoms with E-state index in [0.717, 1.165) is 6.29 Å². The van der Waals surface area contributed by atoms with Crippen LogP contribution in [0.2, 0.25) is 0 Å². The molecule has 9 heavy (non-hydrogen) atoms. The summed E-state index contributed by atoms with van der Waals surface area (Å²) in [4.78, 5) is 10.1. The van der Waals surface area contributed by atoms with Crippen molar-refractivity contribution in [2.75, 3.05) is 0 Å². The van der Waals surface area contributed by atoms with Gasteiger partial charge in [0.25, 0.3) is 0 Å². The Morgan fingerprint density at radius 1 is 1.33 bits per heavy atom. The first-order valence-corrected chi connectivity index (χ1v) is 2.80. The monoisotopic (exact) mass is 125 g/mol. The Hall–Kier alpha value is -1.05. The van der Waals surface area contributed by atoms with Crippen molar-refractivity contribution in [2.24, 2.45) is 5.73 Å². The summed E-state index contributed by atoms with van der Waals surface area (Å²) in [5.74, 6) is 0. The van der Waals surface area contributed by atoms with E-state index in [9.17, 15) is 4.79 Å². The lowest BCUT2D eigenvalue weighted by molar-refractivity contribution is -0.104. The minimum Gasteiger partial charge on any atom is -0.398 e. The van der Waals surface area contributed by atoms with Crippen molar-refractivity contribution in [3.63, 3.8) is 0 Å². The fourth-order valence-electron chi connectivity index (χ4n) is 0.469. The number of hydrogen-bond acceptors (Lipinski definition) is 2. The van der Waals surface area contributed by atoms with E-state index < -0.39 is 0 Å². The first-order valence-electron chi connectivity index (χ1n) is 2.80. The average Bonchev–Trinajstić information content (AvgIpc) is 1.90. The van der Waals surface area contributed by atoms with Gasteiger partial charge in [0.2, 0.25) is 0 Å². The van der Waals surface area contributed by atoms with Crippen LogP contribution < -0.4 is 5.73 Å². The molecule has 50 valence electrons. The van der Waals surface area contributed by atoms with Crippen molar-refractivity contribution in [1.82, 2.24) is 0 Å². The van der Waals surface area contributed by atoms with Gasteiger partial charge < -0.3 is 5.73 Å². The predicted octanol–water partition coefficient (Wildman–Crippen LogP) is 0.994. The van der Waals surface area contributed by atoms with Gasteiger partial charge in [-0.1, -0.05) is 12.2 Å². The summed E-state index contributed by atoms with van der Waals surface area (Å²) in [7, 11) is 0. The second-order valence-electron chi connectivity index (χ2n) is 1.61. The van der Waals surface area contributed by atoms with Crippen molar-refractivity contribution in [1.29, 1.82) is 0 Å². The van der Waals surface area contributed by atoms with E-state index in [2.05, 4.69) is 0 Å². The molecule has 0 saturated heterocycles. The molecule has 2 nitrogen and oxygen atoms in total. The highest BCUT2D eigenvalue weighted by Gasteiger charge is 1.92. The molecule has 0 aliphatic carbocycles. The normalized spacial score (nSPS) is 13.6. The zero-order valence-corrected chi connectivity index (χ0v) is 5.72. The molecule has 0 saturated carbocycles. The Labute approximate surface area is 55.1 Å². The summed E-state index contributed by atoms with van der Waals surface area (Å²) in [6, 6.07) is 0. The van der Waals surface area contributed by atoms with E-state index in [-0.39, 0.29) is 0 Å². The Balaban J connectivity index is 4.32. The number of aldehydes is 1. The fraction of sp³-hybridized carbons (Fsp3) is 0.286. The van der Waals surface area contributed by atoms with Gasteiger partial charge in [0.05, 0.1) is 0 Å². The molecule has 0 aliphatic heterocycles. The summed E-state index contributed by atoms with van der Waals surface area (Å²) in [6.07, 6.45) is 4.13. The molecule has 0 rings (SSSR count). The van der Waals surface area contributed by atoms with Crippen LogP contribution >= 0.6 is 0 Å². The van der Waals surface area contributed by atoms with Crippen LogP contribution in [-0.4, -0.2) is 6.29 Å². The second-order valence-corrected chi connectivity index (χ2v) is 1.61. The molecular weight excluding hydrogens is 114 g/mol. The van der Waals surface area contributed by atoms with Gasteiger partial charge in [0.15, 0.2) is 6.29 Å². The molecule has 0 aromatic carbocycles. The quantitative estimate of drug-likeness (QED) is 0.340. The third-order valence-corrected chi connectivity index (χ3v) is 1.08. The van der Waals surface area contributed by atoms with Gasteiger partial charge in [-0.25, -0.2) is 0 Å². The highest BCUT2D eigenvalue weighted by atomic mass is 16.1. The van der Waals surface area contributed by atoms with Crippen molar-refractivity contribution < 1.29 is 4.79 Å². The molecule has 0 amide bonds. The van der Waals surface area contributed by atoms with Crippen LogP contribution in [0.1, 0.15) is 13.8 Å². The van der Waals surface area contributed by atoms with Crippen molar-refractivity contribution in [2.45, 2.75) is 13.8 Å². The van der Waals surface area contributed by atoms with E-state index in [4.69, 9.17) is 5.73 Å². The van der Waals surface area contributed by atoms with Crippen LogP contribution in [-0.2, 0) is 4.79 Å². The summed E-state index contributed by atoms with van der Waals surface area (Å²) in [5, 5.41) is 0. The SMILES string of the molecule is C/C=C(N)\C(C=O)=C/C. The van der Waals surface area contributed by atoms with E-state index in [1.54, 1.807) is 26.0 Å². The number of carbonyl (C=O) groups excluding carboxylic acids is 1. The summed E-state index contributed by atoms with van der Waals surface area (Å²) < 4.78 is 0. The molecule has 0 heterocycles. The van der Waals surface area contributed by atoms with Gasteiger partial charge in [0, 0.05) is 11.3 Å². The van der Waals surface area contributed by atoms with Crippen LogP contribution in [0.15, 0.2) is 23.4 Å². The summed E-state index contributed by atoms with van der Waals surface area (Å²) in [6.45, 7) is 3.57. The van der Waals surface area contributed by atoms with Gasteiger partial charge in [-0.3, -0.25) is 4.79 Å². The first kappa shape index (κ1) is 7.95. The van der Waals surface area contributed by atoms with Gasteiger partial charge in [-0.15, -0.1) is 0 Å². The summed E-state index contributed by atoms with van der Waals surface area (Å²) in [5.41, 5.74) is 6.49. The largest absolute Gasteiger partial charge is 0.398 e. The lowest BCUT2D eigenvalue weighted by atomic mass is 10.2. The van der Waals surface area contributed by atoms with Gasteiger partial charge in [-0.2, -0.15) is 0 Å². The molecule has 0 aliphatic rings. The van der Waals surface area contributed by atoms with E-state index in [0.29, 0.717) is 11.3 Å². The maximum absolute atomic E-state index is 10.1. The third kappa shape index (κ3) is 2.13. The first-order chi connectivity index (χ1) is 4.26. The number of allylic oxidation sites excluding steroid dienone is 3. The molecule has 0 radical (unpaired) electrons. The van der Waals surface area contributed by atoms with Crippen LogP contribution in [0, 0.1) is 0 Å². The van der Waals surface area contributed by atoms with Crippen molar-refractivity contribution >= 4 is 6.29 Å². The molecule has 0 spiro atoms. The molecule has 0 unspecified atom stereocenters. The lowest BCUT2D eigenvalue weighted by Gasteiger charge is -1.94. The molecular formula is C7H11NO. The molecule has 0 bridgehead atoms. The van der Waals surface area contributed by atoms with Crippen molar-refractivity contribution in [3.05, 3.63) is 23.4 Å². The number of carbonyl (C=O) groups is 1. The highest BCUT2D eigenvalue weighted by molar-refractivity contribution is 5.79. The van der Waals surface area contributed by atoms with Crippen molar-refractivity contribution in [3.8, 4) is 0 Å². The Kier molecular flexibility index (Phi) is 3.44. The predicted molar refractivity (Wildman–Crippen MR) is 37.8 cm³/mol. The fourth-order valence-corrected chi connectivity index (χ4v) is 0.469. The minimum absolute atomic E-state index is 0.535. The van der Waals surface area contributed by atoms with Gasteiger partial charge in [-0.05, 0) is 13.8 Å².